The van der Waals surface area contributed by atoms with E-state index in [9.17, 15) is 0 Å². The van der Waals surface area contributed by atoms with Crippen LogP contribution in [-0.2, 0) is 12.0 Å². The fourth-order valence-electron chi connectivity index (χ4n) is 5.92. The summed E-state index contributed by atoms with van der Waals surface area (Å²) in [5.41, 5.74) is 9.25. The van der Waals surface area contributed by atoms with E-state index in [4.69, 9.17) is 5.73 Å². The van der Waals surface area contributed by atoms with Crippen LogP contribution in [0.4, 0.5) is 0 Å². The van der Waals surface area contributed by atoms with Crippen LogP contribution in [-0.4, -0.2) is 9.78 Å². The van der Waals surface area contributed by atoms with Crippen LogP contribution < -0.4 is 5.73 Å². The zero-order chi connectivity index (χ0) is 13.9. The van der Waals surface area contributed by atoms with Crippen molar-refractivity contribution in [3.05, 3.63) is 17.5 Å². The molecule has 0 aromatic carbocycles. The summed E-state index contributed by atoms with van der Waals surface area (Å²) in [5.74, 6) is 2.92. The molecule has 4 fully saturated rings. The van der Waals surface area contributed by atoms with E-state index in [0.29, 0.717) is 18.0 Å². The van der Waals surface area contributed by atoms with Gasteiger partial charge in [0.25, 0.3) is 0 Å². The number of hydrogen-bond donors (Lipinski definition) is 1. The van der Waals surface area contributed by atoms with E-state index >= 15 is 0 Å². The standard InChI is InChI=1S/C17H27N3/c1-11(2)20-16(15(9-18)10-19-20)17-6-12-3-13(7-17)5-14(4-12)8-17/h10-14H,3-9,18H2,1-2H3. The Morgan fingerprint density at radius 1 is 1.20 bits per heavy atom. The van der Waals surface area contributed by atoms with Crippen molar-refractivity contribution in [2.75, 3.05) is 0 Å². The first kappa shape index (κ1) is 12.9. The lowest BCUT2D eigenvalue weighted by molar-refractivity contribution is -0.0102. The summed E-state index contributed by atoms with van der Waals surface area (Å²) in [4.78, 5) is 0. The molecule has 3 heteroatoms. The molecule has 4 aliphatic carbocycles. The second-order valence-corrected chi connectivity index (χ2v) is 7.96. The van der Waals surface area contributed by atoms with Crippen LogP contribution >= 0.6 is 0 Å². The van der Waals surface area contributed by atoms with Crippen LogP contribution in [0.2, 0.25) is 0 Å². The van der Waals surface area contributed by atoms with Gasteiger partial charge in [0.05, 0.1) is 6.20 Å². The third kappa shape index (κ3) is 1.71. The summed E-state index contributed by atoms with van der Waals surface area (Å²) in [6, 6.07) is 0.443. The molecule has 0 unspecified atom stereocenters. The predicted molar refractivity (Wildman–Crippen MR) is 80.4 cm³/mol. The summed E-state index contributed by atoms with van der Waals surface area (Å²) in [6.07, 6.45) is 10.7. The van der Waals surface area contributed by atoms with Gasteiger partial charge in [-0.2, -0.15) is 5.10 Å². The van der Waals surface area contributed by atoms with Crippen molar-refractivity contribution in [3.8, 4) is 0 Å². The van der Waals surface area contributed by atoms with Crippen LogP contribution in [0, 0.1) is 17.8 Å². The molecule has 1 aromatic heterocycles. The monoisotopic (exact) mass is 273 g/mol. The van der Waals surface area contributed by atoms with E-state index in [1.54, 1.807) is 0 Å². The van der Waals surface area contributed by atoms with Crippen molar-refractivity contribution in [2.45, 2.75) is 70.4 Å². The highest BCUT2D eigenvalue weighted by Crippen LogP contribution is 2.61. The number of nitrogens with zero attached hydrogens (tertiary/aromatic N) is 2. The summed E-state index contributed by atoms with van der Waals surface area (Å²) in [5, 5.41) is 4.68. The fraction of sp³-hybridized carbons (Fsp3) is 0.824. The van der Waals surface area contributed by atoms with Gasteiger partial charge in [0.1, 0.15) is 0 Å². The van der Waals surface area contributed by atoms with E-state index < -0.39 is 0 Å². The third-order valence-electron chi connectivity index (χ3n) is 6.12. The lowest BCUT2D eigenvalue weighted by Crippen LogP contribution is -2.50. The van der Waals surface area contributed by atoms with Crippen molar-refractivity contribution in [2.24, 2.45) is 23.5 Å². The Morgan fingerprint density at radius 3 is 2.20 bits per heavy atom. The van der Waals surface area contributed by atoms with Gasteiger partial charge >= 0.3 is 0 Å². The minimum absolute atomic E-state index is 0.407. The van der Waals surface area contributed by atoms with Crippen LogP contribution in [0.1, 0.15) is 69.7 Å². The highest BCUT2D eigenvalue weighted by atomic mass is 15.3. The predicted octanol–water partition coefficient (Wildman–Crippen LogP) is 3.39. The second kappa shape index (κ2) is 4.33. The highest BCUT2D eigenvalue weighted by Gasteiger charge is 2.53. The van der Waals surface area contributed by atoms with Crippen LogP contribution in [0.15, 0.2) is 6.20 Å². The molecule has 110 valence electrons. The van der Waals surface area contributed by atoms with Crippen molar-refractivity contribution in [1.82, 2.24) is 9.78 Å². The van der Waals surface area contributed by atoms with Crippen LogP contribution in [0.3, 0.4) is 0 Å². The molecule has 4 saturated carbocycles. The molecule has 20 heavy (non-hydrogen) atoms. The van der Waals surface area contributed by atoms with Gasteiger partial charge in [0, 0.05) is 29.3 Å². The Hall–Kier alpha value is -0.830. The Labute approximate surface area is 121 Å². The summed E-state index contributed by atoms with van der Waals surface area (Å²) < 4.78 is 2.29. The minimum atomic E-state index is 0.407. The average molecular weight is 273 g/mol. The van der Waals surface area contributed by atoms with Gasteiger partial charge in [0.15, 0.2) is 0 Å². The van der Waals surface area contributed by atoms with E-state index in [0.717, 1.165) is 17.8 Å². The number of nitrogens with two attached hydrogens (primary N) is 1. The molecule has 0 atom stereocenters. The fourth-order valence-corrected chi connectivity index (χ4v) is 5.92. The maximum atomic E-state index is 6.03. The van der Waals surface area contributed by atoms with E-state index in [2.05, 4.69) is 23.6 Å². The molecule has 0 radical (unpaired) electrons. The van der Waals surface area contributed by atoms with Gasteiger partial charge < -0.3 is 5.73 Å². The Bertz CT molecular complexity index is 479. The molecule has 5 rings (SSSR count). The molecule has 4 aliphatic rings. The summed E-state index contributed by atoms with van der Waals surface area (Å²) in [7, 11) is 0. The van der Waals surface area contributed by atoms with Gasteiger partial charge in [0.2, 0.25) is 0 Å². The van der Waals surface area contributed by atoms with Crippen LogP contribution in [0.25, 0.3) is 0 Å². The quantitative estimate of drug-likeness (QED) is 0.917. The van der Waals surface area contributed by atoms with Crippen molar-refractivity contribution >= 4 is 0 Å². The molecular weight excluding hydrogens is 246 g/mol. The average Bonchev–Trinajstić information content (AvgIpc) is 2.81. The van der Waals surface area contributed by atoms with E-state index in [1.807, 2.05) is 6.20 Å². The number of rotatable bonds is 3. The Balaban J connectivity index is 1.82. The smallest absolute Gasteiger partial charge is 0.0537 e. The molecule has 4 bridgehead atoms. The van der Waals surface area contributed by atoms with Gasteiger partial charge in [-0.3, -0.25) is 4.68 Å². The first-order valence-electron chi connectivity index (χ1n) is 8.38. The topological polar surface area (TPSA) is 43.8 Å². The second-order valence-electron chi connectivity index (χ2n) is 7.96. The summed E-state index contributed by atoms with van der Waals surface area (Å²) in [6.45, 7) is 5.14. The molecule has 0 saturated heterocycles. The van der Waals surface area contributed by atoms with Crippen molar-refractivity contribution in [1.29, 1.82) is 0 Å². The SMILES string of the molecule is CC(C)n1ncc(CN)c1C12CC3CC(CC(C3)C1)C2. The summed E-state index contributed by atoms with van der Waals surface area (Å²) >= 11 is 0. The van der Waals surface area contributed by atoms with E-state index in [-0.39, 0.29) is 0 Å². The zero-order valence-corrected chi connectivity index (χ0v) is 12.8. The number of hydrogen-bond acceptors (Lipinski definition) is 2. The van der Waals surface area contributed by atoms with Crippen LogP contribution in [0.5, 0.6) is 0 Å². The zero-order valence-electron chi connectivity index (χ0n) is 12.8. The normalized spacial score (nSPS) is 38.9. The minimum Gasteiger partial charge on any atom is -0.326 e. The molecule has 1 aromatic rings. The molecule has 0 amide bonds. The maximum Gasteiger partial charge on any atom is 0.0537 e. The van der Waals surface area contributed by atoms with Gasteiger partial charge in [-0.25, -0.2) is 0 Å². The molecule has 3 nitrogen and oxygen atoms in total. The largest absolute Gasteiger partial charge is 0.326 e. The van der Waals surface area contributed by atoms with Gasteiger partial charge in [-0.1, -0.05) is 0 Å². The highest BCUT2D eigenvalue weighted by molar-refractivity contribution is 5.31. The van der Waals surface area contributed by atoms with Gasteiger partial charge in [-0.05, 0) is 70.1 Å². The third-order valence-corrected chi connectivity index (χ3v) is 6.12. The lowest BCUT2D eigenvalue weighted by Gasteiger charge is -2.57. The molecule has 2 N–H and O–H groups in total. The molecule has 1 heterocycles. The Kier molecular flexibility index (Phi) is 2.79. The lowest BCUT2D eigenvalue weighted by atomic mass is 9.48. The maximum absolute atomic E-state index is 6.03. The van der Waals surface area contributed by atoms with Gasteiger partial charge in [-0.15, -0.1) is 0 Å². The molecule has 0 aliphatic heterocycles. The Morgan fingerprint density at radius 2 is 1.75 bits per heavy atom. The molecule has 0 spiro atoms. The van der Waals surface area contributed by atoms with Crippen molar-refractivity contribution in [3.63, 3.8) is 0 Å². The number of aromatic nitrogens is 2. The van der Waals surface area contributed by atoms with Crippen molar-refractivity contribution < 1.29 is 0 Å². The first-order valence-corrected chi connectivity index (χ1v) is 8.38. The van der Waals surface area contributed by atoms with E-state index in [1.165, 1.54) is 49.8 Å². The molecular formula is C17H27N3. The first-order chi connectivity index (χ1) is 9.61.